The topological polar surface area (TPSA) is 74.2 Å². The van der Waals surface area contributed by atoms with Crippen molar-refractivity contribution in [3.05, 3.63) is 47.5 Å². The first-order valence-corrected chi connectivity index (χ1v) is 6.59. The van der Waals surface area contributed by atoms with Gasteiger partial charge in [0.25, 0.3) is 5.89 Å². The minimum absolute atomic E-state index is 0.326. The Morgan fingerprint density at radius 2 is 1.95 bits per heavy atom. The van der Waals surface area contributed by atoms with Crippen LogP contribution in [0.3, 0.4) is 0 Å². The van der Waals surface area contributed by atoms with Crippen LogP contribution < -0.4 is 10.5 Å². The molecule has 3 aromatic rings. The van der Waals surface area contributed by atoms with Crippen LogP contribution in [0.2, 0.25) is 5.02 Å². The molecule has 2 N–H and O–H groups in total. The number of benzene rings is 2. The number of para-hydroxylation sites is 1. The van der Waals surface area contributed by atoms with Crippen molar-refractivity contribution in [2.45, 2.75) is 0 Å². The summed E-state index contributed by atoms with van der Waals surface area (Å²) >= 11 is 6.01. The van der Waals surface area contributed by atoms with Crippen LogP contribution in [-0.2, 0) is 0 Å². The lowest BCUT2D eigenvalue weighted by Crippen LogP contribution is -1.91. The highest BCUT2D eigenvalue weighted by atomic mass is 35.5. The van der Waals surface area contributed by atoms with E-state index in [1.165, 1.54) is 0 Å². The summed E-state index contributed by atoms with van der Waals surface area (Å²) in [6, 6.07) is 12.5. The molecule has 0 unspecified atom stereocenters. The molecule has 0 saturated heterocycles. The number of nitrogens with two attached hydrogens (primary N) is 1. The van der Waals surface area contributed by atoms with Crippen LogP contribution in [0.5, 0.6) is 5.75 Å². The molecule has 0 aliphatic carbocycles. The molecule has 1 heterocycles. The predicted octanol–water partition coefficient (Wildman–Crippen LogP) is 3.65. The zero-order chi connectivity index (χ0) is 14.8. The van der Waals surface area contributed by atoms with Crippen molar-refractivity contribution < 1.29 is 9.26 Å². The molecule has 106 valence electrons. The van der Waals surface area contributed by atoms with Gasteiger partial charge in [0.1, 0.15) is 5.75 Å². The van der Waals surface area contributed by atoms with Crippen LogP contribution in [0.1, 0.15) is 0 Å². The molecule has 1 aromatic heterocycles. The number of anilines is 1. The van der Waals surface area contributed by atoms with E-state index in [4.69, 9.17) is 26.6 Å². The fourth-order valence-corrected chi connectivity index (χ4v) is 2.16. The number of nitrogen functional groups attached to an aromatic ring is 1. The van der Waals surface area contributed by atoms with E-state index in [1.54, 1.807) is 31.4 Å². The van der Waals surface area contributed by atoms with E-state index in [9.17, 15) is 0 Å². The maximum Gasteiger partial charge on any atom is 0.262 e. The van der Waals surface area contributed by atoms with Gasteiger partial charge in [0.2, 0.25) is 5.82 Å². The van der Waals surface area contributed by atoms with Gasteiger partial charge in [0.05, 0.1) is 12.7 Å². The molecule has 0 saturated carbocycles. The number of ether oxygens (including phenoxy) is 1. The van der Waals surface area contributed by atoms with Crippen molar-refractivity contribution in [2.24, 2.45) is 0 Å². The van der Waals surface area contributed by atoms with Gasteiger partial charge in [0, 0.05) is 16.3 Å². The Bertz CT molecular complexity index is 786. The molecule has 0 aliphatic heterocycles. The van der Waals surface area contributed by atoms with Crippen molar-refractivity contribution in [3.63, 3.8) is 0 Å². The SMILES string of the molecule is COc1ccc(Cl)cc1-c1nc(-c2ccccc2N)no1. The standard InChI is InChI=1S/C15H12ClN3O2/c1-20-13-7-6-9(16)8-11(13)15-18-14(19-21-15)10-4-2-3-5-12(10)17/h2-8H,17H2,1H3. The highest BCUT2D eigenvalue weighted by Gasteiger charge is 2.16. The van der Waals surface area contributed by atoms with Crippen molar-refractivity contribution >= 4 is 17.3 Å². The molecular weight excluding hydrogens is 290 g/mol. The molecule has 2 aromatic carbocycles. The minimum atomic E-state index is 0.326. The molecule has 0 fully saturated rings. The van der Waals surface area contributed by atoms with Gasteiger partial charge in [-0.25, -0.2) is 0 Å². The molecule has 0 aliphatic rings. The Morgan fingerprint density at radius 3 is 2.71 bits per heavy atom. The number of aromatic nitrogens is 2. The molecule has 0 radical (unpaired) electrons. The summed E-state index contributed by atoms with van der Waals surface area (Å²) in [5.74, 6) is 1.35. The van der Waals surface area contributed by atoms with Crippen molar-refractivity contribution in [1.29, 1.82) is 0 Å². The van der Waals surface area contributed by atoms with Gasteiger partial charge in [-0.1, -0.05) is 28.9 Å². The Balaban J connectivity index is 2.07. The van der Waals surface area contributed by atoms with Gasteiger partial charge in [0.15, 0.2) is 0 Å². The third kappa shape index (κ3) is 2.55. The van der Waals surface area contributed by atoms with Crippen molar-refractivity contribution in [3.8, 4) is 28.6 Å². The first kappa shape index (κ1) is 13.5. The number of halogens is 1. The van der Waals surface area contributed by atoms with E-state index in [0.717, 1.165) is 0 Å². The van der Waals surface area contributed by atoms with Crippen molar-refractivity contribution in [2.75, 3.05) is 12.8 Å². The van der Waals surface area contributed by atoms with Gasteiger partial charge < -0.3 is 15.0 Å². The molecule has 3 rings (SSSR count). The van der Waals surface area contributed by atoms with Gasteiger partial charge in [-0.15, -0.1) is 0 Å². The summed E-state index contributed by atoms with van der Waals surface area (Å²) in [5, 5.41) is 4.52. The van der Waals surface area contributed by atoms with E-state index in [1.807, 2.05) is 18.2 Å². The normalized spacial score (nSPS) is 10.6. The molecule has 21 heavy (non-hydrogen) atoms. The lowest BCUT2D eigenvalue weighted by molar-refractivity contribution is 0.405. The Kier molecular flexibility index (Phi) is 3.50. The largest absolute Gasteiger partial charge is 0.496 e. The average Bonchev–Trinajstić information content (AvgIpc) is 2.97. The second-order valence-electron chi connectivity index (χ2n) is 4.35. The lowest BCUT2D eigenvalue weighted by Gasteiger charge is -2.04. The maximum absolute atomic E-state index is 6.01. The van der Waals surface area contributed by atoms with Crippen LogP contribution in [0.25, 0.3) is 22.8 Å². The van der Waals surface area contributed by atoms with E-state index < -0.39 is 0 Å². The molecule has 5 nitrogen and oxygen atoms in total. The number of nitrogens with zero attached hydrogens (tertiary/aromatic N) is 2. The molecule has 0 bridgehead atoms. The van der Waals surface area contributed by atoms with Gasteiger partial charge in [-0.2, -0.15) is 4.98 Å². The summed E-state index contributed by atoms with van der Waals surface area (Å²) in [7, 11) is 1.57. The minimum Gasteiger partial charge on any atom is -0.496 e. The number of hydrogen-bond acceptors (Lipinski definition) is 5. The number of hydrogen-bond donors (Lipinski definition) is 1. The summed E-state index contributed by atoms with van der Waals surface area (Å²) in [6.07, 6.45) is 0. The lowest BCUT2D eigenvalue weighted by atomic mass is 10.1. The fraction of sp³-hybridized carbons (Fsp3) is 0.0667. The monoisotopic (exact) mass is 301 g/mol. The predicted molar refractivity (Wildman–Crippen MR) is 81.1 cm³/mol. The van der Waals surface area contributed by atoms with E-state index in [-0.39, 0.29) is 0 Å². The number of rotatable bonds is 3. The van der Waals surface area contributed by atoms with E-state index in [2.05, 4.69) is 10.1 Å². The quantitative estimate of drug-likeness (QED) is 0.747. The number of methoxy groups -OCH3 is 1. The van der Waals surface area contributed by atoms with Gasteiger partial charge in [-0.3, -0.25) is 0 Å². The molecule has 0 spiro atoms. The van der Waals surface area contributed by atoms with Crippen LogP contribution in [0, 0.1) is 0 Å². The zero-order valence-corrected chi connectivity index (χ0v) is 12.0. The molecule has 0 atom stereocenters. The van der Waals surface area contributed by atoms with Gasteiger partial charge in [-0.05, 0) is 30.3 Å². The van der Waals surface area contributed by atoms with Crippen molar-refractivity contribution in [1.82, 2.24) is 10.1 Å². The zero-order valence-electron chi connectivity index (χ0n) is 11.2. The highest BCUT2D eigenvalue weighted by molar-refractivity contribution is 6.30. The maximum atomic E-state index is 6.01. The summed E-state index contributed by atoms with van der Waals surface area (Å²) in [5.41, 5.74) is 7.85. The average molecular weight is 302 g/mol. The first-order valence-electron chi connectivity index (χ1n) is 6.21. The Morgan fingerprint density at radius 1 is 1.14 bits per heavy atom. The Labute approximate surface area is 126 Å². The second kappa shape index (κ2) is 5.46. The van der Waals surface area contributed by atoms with Gasteiger partial charge >= 0.3 is 0 Å². The second-order valence-corrected chi connectivity index (χ2v) is 4.79. The Hall–Kier alpha value is -2.53. The smallest absolute Gasteiger partial charge is 0.262 e. The van der Waals surface area contributed by atoms with E-state index >= 15 is 0 Å². The molecule has 0 amide bonds. The third-order valence-electron chi connectivity index (χ3n) is 3.02. The molecule has 6 heteroatoms. The fourth-order valence-electron chi connectivity index (χ4n) is 1.99. The highest BCUT2D eigenvalue weighted by Crippen LogP contribution is 2.33. The van der Waals surface area contributed by atoms with Crippen LogP contribution in [0.15, 0.2) is 47.0 Å². The van der Waals surface area contributed by atoms with E-state index in [0.29, 0.717) is 39.3 Å². The summed E-state index contributed by atoms with van der Waals surface area (Å²) in [4.78, 5) is 4.36. The summed E-state index contributed by atoms with van der Waals surface area (Å²) in [6.45, 7) is 0. The van der Waals surface area contributed by atoms with Crippen LogP contribution >= 0.6 is 11.6 Å². The molecular formula is C15H12ClN3O2. The van der Waals surface area contributed by atoms with Crippen LogP contribution in [-0.4, -0.2) is 17.3 Å². The summed E-state index contributed by atoms with van der Waals surface area (Å²) < 4.78 is 10.6. The van der Waals surface area contributed by atoms with Crippen LogP contribution in [0.4, 0.5) is 5.69 Å². The third-order valence-corrected chi connectivity index (χ3v) is 3.25. The first-order chi connectivity index (χ1) is 10.2.